The average Bonchev–Trinajstić information content (AvgIpc) is 2.40. The molecular weight excluding hydrogens is 289 g/mol. The van der Waals surface area contributed by atoms with Gasteiger partial charge >= 0.3 is 6.18 Å². The van der Waals surface area contributed by atoms with Crippen molar-refractivity contribution in [3.8, 4) is 5.75 Å². The van der Waals surface area contributed by atoms with Crippen molar-refractivity contribution in [3.63, 3.8) is 0 Å². The van der Waals surface area contributed by atoms with Gasteiger partial charge in [-0.3, -0.25) is 15.0 Å². The smallest absolute Gasteiger partial charge is 0.393 e. The largest absolute Gasteiger partial charge is 0.508 e. The fourth-order valence-electron chi connectivity index (χ4n) is 2.52. The van der Waals surface area contributed by atoms with Gasteiger partial charge < -0.3 is 5.11 Å². The highest BCUT2D eigenvalue weighted by Crippen LogP contribution is 2.34. The van der Waals surface area contributed by atoms with E-state index in [1.165, 1.54) is 12.1 Å². The maximum Gasteiger partial charge on any atom is 0.393 e. The lowest BCUT2D eigenvalue weighted by Crippen LogP contribution is -2.41. The topological polar surface area (TPSA) is 66.6 Å². The lowest BCUT2D eigenvalue weighted by molar-refractivity contribution is -0.385. The van der Waals surface area contributed by atoms with Gasteiger partial charge in [-0.05, 0) is 25.5 Å². The van der Waals surface area contributed by atoms with Gasteiger partial charge in [0.05, 0.1) is 10.8 Å². The Bertz CT molecular complexity index is 534. The molecular formula is C13H15F3N2O3. The summed E-state index contributed by atoms with van der Waals surface area (Å²) in [5.74, 6) is -1.53. The lowest BCUT2D eigenvalue weighted by Gasteiger charge is -2.33. The first kappa shape index (κ1) is 15.6. The van der Waals surface area contributed by atoms with E-state index in [2.05, 4.69) is 0 Å². The van der Waals surface area contributed by atoms with Crippen LogP contribution in [0.15, 0.2) is 18.2 Å². The van der Waals surface area contributed by atoms with Crippen LogP contribution in [0.25, 0.3) is 0 Å². The Labute approximate surface area is 119 Å². The lowest BCUT2D eigenvalue weighted by atomic mass is 9.97. The number of non-ortho nitro benzene ring substituents is 1. The van der Waals surface area contributed by atoms with Crippen LogP contribution in [0.3, 0.4) is 0 Å². The van der Waals surface area contributed by atoms with Crippen molar-refractivity contribution >= 4 is 5.69 Å². The maximum atomic E-state index is 12.7. The number of alkyl halides is 3. The van der Waals surface area contributed by atoms with Gasteiger partial charge in [0.2, 0.25) is 0 Å². The summed E-state index contributed by atoms with van der Waals surface area (Å²) in [5, 5.41) is 20.4. The molecule has 21 heavy (non-hydrogen) atoms. The molecule has 1 aromatic carbocycles. The minimum Gasteiger partial charge on any atom is -0.508 e. The summed E-state index contributed by atoms with van der Waals surface area (Å²) in [6, 6.07) is 3.55. The molecule has 0 amide bonds. The number of nitro groups is 1. The van der Waals surface area contributed by atoms with Crippen LogP contribution in [0.1, 0.15) is 18.4 Å². The van der Waals surface area contributed by atoms with Crippen molar-refractivity contribution in [2.24, 2.45) is 5.92 Å². The van der Waals surface area contributed by atoms with E-state index in [1.54, 1.807) is 4.90 Å². The van der Waals surface area contributed by atoms with Crippen molar-refractivity contribution in [1.82, 2.24) is 4.90 Å². The minimum atomic E-state index is -4.23. The number of halogens is 3. The van der Waals surface area contributed by atoms with E-state index in [0.29, 0.717) is 13.0 Å². The van der Waals surface area contributed by atoms with Gasteiger partial charge in [0.25, 0.3) is 5.69 Å². The Kier molecular flexibility index (Phi) is 4.36. The quantitative estimate of drug-likeness (QED) is 0.688. The van der Waals surface area contributed by atoms with Crippen LogP contribution in [0.2, 0.25) is 0 Å². The highest BCUT2D eigenvalue weighted by atomic mass is 19.4. The molecule has 1 aliphatic heterocycles. The van der Waals surface area contributed by atoms with E-state index >= 15 is 0 Å². The van der Waals surface area contributed by atoms with Gasteiger partial charge in [0.15, 0.2) is 0 Å². The van der Waals surface area contributed by atoms with Crippen LogP contribution in [0.5, 0.6) is 5.75 Å². The fraction of sp³-hybridized carbons (Fsp3) is 0.538. The average molecular weight is 304 g/mol. The third kappa shape index (κ3) is 3.84. The maximum absolute atomic E-state index is 12.7. The number of phenolic OH excluding ortho intramolecular Hbond substituents is 1. The zero-order valence-electron chi connectivity index (χ0n) is 11.1. The molecule has 1 aliphatic rings. The van der Waals surface area contributed by atoms with Crippen LogP contribution in [0, 0.1) is 16.0 Å². The van der Waals surface area contributed by atoms with Gasteiger partial charge in [-0.15, -0.1) is 0 Å². The number of piperidine rings is 1. The van der Waals surface area contributed by atoms with Crippen LogP contribution < -0.4 is 0 Å². The highest BCUT2D eigenvalue weighted by Gasteiger charge is 2.41. The number of likely N-dealkylation sites (tertiary alicyclic amines) is 1. The molecule has 1 aromatic rings. The fourth-order valence-corrected chi connectivity index (χ4v) is 2.52. The van der Waals surface area contributed by atoms with Crippen molar-refractivity contribution in [1.29, 1.82) is 0 Å². The van der Waals surface area contributed by atoms with E-state index in [1.807, 2.05) is 0 Å². The second kappa shape index (κ2) is 5.88. The number of nitro benzene ring substituents is 1. The molecule has 0 unspecified atom stereocenters. The predicted octanol–water partition coefficient (Wildman–Crippen LogP) is 3.07. The number of hydrogen-bond donors (Lipinski definition) is 1. The van der Waals surface area contributed by atoms with Gasteiger partial charge in [-0.1, -0.05) is 0 Å². The summed E-state index contributed by atoms with van der Waals surface area (Å²) in [6.45, 7) is 0.403. The van der Waals surface area contributed by atoms with Crippen molar-refractivity contribution in [2.45, 2.75) is 25.6 Å². The van der Waals surface area contributed by atoms with E-state index < -0.39 is 17.0 Å². The highest BCUT2D eigenvalue weighted by molar-refractivity contribution is 5.42. The molecule has 1 saturated heterocycles. The van der Waals surface area contributed by atoms with Gasteiger partial charge in [0.1, 0.15) is 5.75 Å². The van der Waals surface area contributed by atoms with Crippen LogP contribution in [-0.4, -0.2) is 34.2 Å². The Morgan fingerprint density at radius 3 is 2.76 bits per heavy atom. The number of benzene rings is 1. The summed E-state index contributed by atoms with van der Waals surface area (Å²) < 4.78 is 38.2. The molecule has 0 aliphatic carbocycles. The number of phenols is 1. The van der Waals surface area contributed by atoms with Crippen LogP contribution in [0.4, 0.5) is 18.9 Å². The standard InChI is InChI=1S/C13H15F3N2O3/c14-13(15,16)10-2-1-5-17(8-10)7-9-6-11(18(20)21)3-4-12(9)19/h3-4,6,10,19H,1-2,5,7-8H2/t10-/m1/s1. The zero-order chi connectivity index (χ0) is 15.6. The third-order valence-electron chi connectivity index (χ3n) is 3.64. The molecule has 0 saturated carbocycles. The van der Waals surface area contributed by atoms with E-state index in [0.717, 1.165) is 6.07 Å². The summed E-state index contributed by atoms with van der Waals surface area (Å²) >= 11 is 0. The molecule has 1 N–H and O–H groups in total. The van der Waals surface area contributed by atoms with E-state index in [4.69, 9.17) is 0 Å². The van der Waals surface area contributed by atoms with E-state index in [9.17, 15) is 28.4 Å². The molecule has 1 atom stereocenters. The summed E-state index contributed by atoms with van der Waals surface area (Å²) in [4.78, 5) is 11.7. The van der Waals surface area contributed by atoms with Gasteiger partial charge in [0, 0.05) is 30.8 Å². The van der Waals surface area contributed by atoms with Gasteiger partial charge in [-0.2, -0.15) is 13.2 Å². The molecule has 0 radical (unpaired) electrons. The molecule has 1 heterocycles. The van der Waals surface area contributed by atoms with Crippen LogP contribution >= 0.6 is 0 Å². The van der Waals surface area contributed by atoms with E-state index in [-0.39, 0.29) is 36.5 Å². The zero-order valence-corrected chi connectivity index (χ0v) is 11.1. The molecule has 1 fully saturated rings. The van der Waals surface area contributed by atoms with Crippen molar-refractivity contribution in [2.75, 3.05) is 13.1 Å². The first-order valence-corrected chi connectivity index (χ1v) is 6.52. The minimum absolute atomic E-state index is 0.0695. The first-order valence-electron chi connectivity index (χ1n) is 6.52. The molecule has 5 nitrogen and oxygen atoms in total. The predicted molar refractivity (Wildman–Crippen MR) is 68.8 cm³/mol. The van der Waals surface area contributed by atoms with Crippen molar-refractivity contribution < 1.29 is 23.2 Å². The normalized spacial score (nSPS) is 20.4. The number of hydrogen-bond acceptors (Lipinski definition) is 4. The monoisotopic (exact) mass is 304 g/mol. The summed E-state index contributed by atoms with van der Waals surface area (Å²) in [6.07, 6.45) is -3.72. The third-order valence-corrected chi connectivity index (χ3v) is 3.64. The second-order valence-electron chi connectivity index (χ2n) is 5.19. The Morgan fingerprint density at radius 2 is 2.14 bits per heavy atom. The molecule has 0 aromatic heterocycles. The Hall–Kier alpha value is -1.83. The Morgan fingerprint density at radius 1 is 1.43 bits per heavy atom. The number of rotatable bonds is 3. The molecule has 8 heteroatoms. The van der Waals surface area contributed by atoms with Crippen molar-refractivity contribution in [3.05, 3.63) is 33.9 Å². The number of nitrogens with zero attached hydrogens (tertiary/aromatic N) is 2. The SMILES string of the molecule is O=[N+]([O-])c1ccc(O)c(CN2CCC[C@@H](C(F)(F)F)C2)c1. The Balaban J connectivity index is 2.11. The molecule has 0 bridgehead atoms. The summed E-state index contributed by atoms with van der Waals surface area (Å²) in [7, 11) is 0. The molecule has 0 spiro atoms. The molecule has 116 valence electrons. The van der Waals surface area contributed by atoms with Gasteiger partial charge in [-0.25, -0.2) is 0 Å². The first-order chi connectivity index (χ1) is 9.77. The number of aromatic hydroxyl groups is 1. The summed E-state index contributed by atoms with van der Waals surface area (Å²) in [5.41, 5.74) is 0.0826. The van der Waals surface area contributed by atoms with Crippen LogP contribution in [-0.2, 0) is 6.54 Å². The second-order valence-corrected chi connectivity index (χ2v) is 5.19. The molecule has 2 rings (SSSR count).